The molecule has 0 spiro atoms. The van der Waals surface area contributed by atoms with E-state index in [1.807, 2.05) is 55.2 Å². The summed E-state index contributed by atoms with van der Waals surface area (Å²) in [4.78, 5) is 13.5. The van der Waals surface area contributed by atoms with Gasteiger partial charge >= 0.3 is 0 Å². The minimum atomic E-state index is 0.617. The summed E-state index contributed by atoms with van der Waals surface area (Å²) in [6, 6.07) is 11.7. The van der Waals surface area contributed by atoms with Gasteiger partial charge in [-0.3, -0.25) is 0 Å². The van der Waals surface area contributed by atoms with E-state index in [4.69, 9.17) is 16.6 Å². The van der Waals surface area contributed by atoms with E-state index in [2.05, 4.69) is 19.9 Å². The Labute approximate surface area is 145 Å². The summed E-state index contributed by atoms with van der Waals surface area (Å²) in [6.45, 7) is 1.32. The Hall–Kier alpha value is -2.44. The predicted molar refractivity (Wildman–Crippen MR) is 93.8 cm³/mol. The van der Waals surface area contributed by atoms with Gasteiger partial charge in [0.1, 0.15) is 5.69 Å². The zero-order chi connectivity index (χ0) is 16.7. The zero-order valence-corrected chi connectivity index (χ0v) is 14.3. The Bertz CT molecular complexity index is 871. The molecule has 2 aromatic heterocycles. The molecule has 0 bridgehead atoms. The summed E-state index contributed by atoms with van der Waals surface area (Å²) in [5, 5.41) is 5.37. The quantitative estimate of drug-likeness (QED) is 0.733. The van der Waals surface area contributed by atoms with Crippen molar-refractivity contribution in [1.29, 1.82) is 0 Å². The minimum absolute atomic E-state index is 0.617. The highest BCUT2D eigenvalue weighted by Gasteiger charge is 2.27. The molecule has 0 unspecified atom stereocenters. The lowest BCUT2D eigenvalue weighted by molar-refractivity contribution is 0.390. The highest BCUT2D eigenvalue weighted by molar-refractivity contribution is 6.30. The van der Waals surface area contributed by atoms with Crippen molar-refractivity contribution in [3.63, 3.8) is 0 Å². The van der Waals surface area contributed by atoms with Gasteiger partial charge in [-0.25, -0.2) is 14.6 Å². The average molecular weight is 341 g/mol. The van der Waals surface area contributed by atoms with Crippen LogP contribution in [0, 0.1) is 0 Å². The maximum Gasteiger partial charge on any atom is 0.165 e. The molecule has 122 valence electrons. The van der Waals surface area contributed by atoms with Crippen molar-refractivity contribution >= 4 is 23.1 Å². The maximum absolute atomic E-state index is 6.02. The minimum Gasteiger partial charge on any atom is -0.317 e. The van der Waals surface area contributed by atoms with Crippen LogP contribution in [0.3, 0.4) is 0 Å². The monoisotopic (exact) mass is 340 g/mol. The largest absolute Gasteiger partial charge is 0.317 e. The predicted octanol–water partition coefficient (Wildman–Crippen LogP) is 3.03. The number of hydrogen-bond acceptors (Lipinski definition) is 5. The summed E-state index contributed by atoms with van der Waals surface area (Å²) < 4.78 is 1.90. The summed E-state index contributed by atoms with van der Waals surface area (Å²) in [6.07, 6.45) is 1.80. The van der Waals surface area contributed by atoms with Gasteiger partial charge in [0.2, 0.25) is 0 Å². The van der Waals surface area contributed by atoms with Gasteiger partial charge in [0.15, 0.2) is 17.5 Å². The normalized spacial score (nSPS) is 13.1. The van der Waals surface area contributed by atoms with Crippen molar-refractivity contribution in [1.82, 2.24) is 24.6 Å². The van der Waals surface area contributed by atoms with Crippen LogP contribution in [0.5, 0.6) is 0 Å². The smallest absolute Gasteiger partial charge is 0.165 e. The Kier molecular flexibility index (Phi) is 3.70. The Morgan fingerprint density at radius 2 is 1.96 bits per heavy atom. The van der Waals surface area contributed by atoms with Gasteiger partial charge in [-0.2, -0.15) is 0 Å². The van der Waals surface area contributed by atoms with Crippen molar-refractivity contribution in [3.05, 3.63) is 59.3 Å². The fraction of sp³-hybridized carbons (Fsp3) is 0.235. The first kappa shape index (κ1) is 15.1. The van der Waals surface area contributed by atoms with Gasteiger partial charge in [-0.05, 0) is 50.5 Å². The number of fused-ring (bicyclic) bond motifs is 3. The van der Waals surface area contributed by atoms with Crippen LogP contribution in [0.2, 0.25) is 5.02 Å². The van der Waals surface area contributed by atoms with E-state index in [0.29, 0.717) is 18.1 Å². The lowest BCUT2D eigenvalue weighted by Gasteiger charge is -2.29. The molecule has 0 saturated carbocycles. The fourth-order valence-electron chi connectivity index (χ4n) is 2.85. The third-order valence-electron chi connectivity index (χ3n) is 3.86. The molecule has 0 aliphatic carbocycles. The topological polar surface area (TPSA) is 50.1 Å². The molecule has 0 saturated heterocycles. The molecule has 3 heterocycles. The molecule has 1 aliphatic heterocycles. The van der Waals surface area contributed by atoms with Gasteiger partial charge in [-0.15, -0.1) is 5.10 Å². The van der Waals surface area contributed by atoms with E-state index in [1.165, 1.54) is 0 Å². The van der Waals surface area contributed by atoms with Crippen LogP contribution in [-0.4, -0.2) is 38.7 Å². The molecule has 7 heteroatoms. The van der Waals surface area contributed by atoms with Crippen molar-refractivity contribution in [3.8, 4) is 5.69 Å². The van der Waals surface area contributed by atoms with Crippen LogP contribution in [-0.2, 0) is 13.1 Å². The van der Waals surface area contributed by atoms with Crippen LogP contribution < -0.4 is 4.90 Å². The Morgan fingerprint density at radius 1 is 1.17 bits per heavy atom. The fourth-order valence-corrected chi connectivity index (χ4v) is 2.98. The highest BCUT2D eigenvalue weighted by atomic mass is 35.5. The zero-order valence-electron chi connectivity index (χ0n) is 13.5. The third kappa shape index (κ3) is 2.64. The number of benzene rings is 1. The van der Waals surface area contributed by atoms with Gasteiger partial charge in [-0.1, -0.05) is 11.6 Å². The first-order valence-corrected chi connectivity index (χ1v) is 8.07. The number of hydrogen-bond donors (Lipinski definition) is 0. The molecule has 4 rings (SSSR count). The molecule has 0 radical (unpaired) electrons. The van der Waals surface area contributed by atoms with Gasteiger partial charge < -0.3 is 9.80 Å². The Morgan fingerprint density at radius 3 is 2.71 bits per heavy atom. The molecule has 1 aliphatic rings. The second kappa shape index (κ2) is 5.89. The lowest BCUT2D eigenvalue weighted by Crippen LogP contribution is -2.27. The summed E-state index contributed by atoms with van der Waals surface area (Å²) >= 11 is 6.02. The average Bonchev–Trinajstić information content (AvgIpc) is 2.97. The number of aromatic nitrogens is 4. The molecule has 1 aromatic carbocycles. The van der Waals surface area contributed by atoms with Gasteiger partial charge in [0.05, 0.1) is 13.1 Å². The van der Waals surface area contributed by atoms with Crippen molar-refractivity contribution in [2.75, 3.05) is 19.0 Å². The first-order valence-electron chi connectivity index (χ1n) is 7.70. The second-order valence-corrected chi connectivity index (χ2v) is 6.44. The molecule has 24 heavy (non-hydrogen) atoms. The SMILES string of the molecule is CN(C)Cc1nc2n(n1)-c1cccnc1N(c1ccc(Cl)cc1)C2. The molecule has 0 fully saturated rings. The van der Waals surface area contributed by atoms with E-state index < -0.39 is 0 Å². The van der Waals surface area contributed by atoms with Crippen LogP contribution in [0.25, 0.3) is 5.69 Å². The van der Waals surface area contributed by atoms with Gasteiger partial charge in [0.25, 0.3) is 0 Å². The highest BCUT2D eigenvalue weighted by Crippen LogP contribution is 2.35. The van der Waals surface area contributed by atoms with E-state index in [-0.39, 0.29) is 0 Å². The molecule has 3 aromatic rings. The van der Waals surface area contributed by atoms with Crippen LogP contribution >= 0.6 is 11.6 Å². The molecule has 0 amide bonds. The lowest BCUT2D eigenvalue weighted by atomic mass is 10.2. The van der Waals surface area contributed by atoms with E-state index in [1.54, 1.807) is 6.20 Å². The molecule has 0 N–H and O–H groups in total. The summed E-state index contributed by atoms with van der Waals surface area (Å²) in [7, 11) is 4.02. The van der Waals surface area contributed by atoms with E-state index in [0.717, 1.165) is 28.8 Å². The third-order valence-corrected chi connectivity index (χ3v) is 4.12. The van der Waals surface area contributed by atoms with Crippen LogP contribution in [0.4, 0.5) is 11.5 Å². The van der Waals surface area contributed by atoms with Crippen LogP contribution in [0.1, 0.15) is 11.6 Å². The van der Waals surface area contributed by atoms with Crippen molar-refractivity contribution in [2.45, 2.75) is 13.1 Å². The van der Waals surface area contributed by atoms with Gasteiger partial charge in [0, 0.05) is 16.9 Å². The standard InChI is InChI=1S/C17H17ClN6/c1-22(2)10-15-20-16-11-23(13-7-5-12(18)6-8-13)17-14(24(16)21-15)4-3-9-19-17/h3-9H,10-11H2,1-2H3. The molecule has 6 nitrogen and oxygen atoms in total. The second-order valence-electron chi connectivity index (χ2n) is 6.00. The van der Waals surface area contributed by atoms with Crippen molar-refractivity contribution < 1.29 is 0 Å². The number of nitrogens with zero attached hydrogens (tertiary/aromatic N) is 6. The summed E-state index contributed by atoms with van der Waals surface area (Å²) in [5.41, 5.74) is 1.97. The Balaban J connectivity index is 1.80. The van der Waals surface area contributed by atoms with E-state index in [9.17, 15) is 0 Å². The number of anilines is 2. The number of rotatable bonds is 3. The first-order chi connectivity index (χ1) is 11.6. The molecule has 0 atom stereocenters. The van der Waals surface area contributed by atoms with Crippen molar-refractivity contribution in [2.24, 2.45) is 0 Å². The molecular weight excluding hydrogens is 324 g/mol. The van der Waals surface area contributed by atoms with E-state index >= 15 is 0 Å². The number of pyridine rings is 1. The maximum atomic E-state index is 6.02. The number of halogens is 1. The van der Waals surface area contributed by atoms with Crippen LogP contribution in [0.15, 0.2) is 42.6 Å². The molecular formula is C17H17ClN6. The summed E-state index contributed by atoms with van der Waals surface area (Å²) in [5.74, 6) is 2.58.